The van der Waals surface area contributed by atoms with Gasteiger partial charge < -0.3 is 14.8 Å². The van der Waals surface area contributed by atoms with E-state index in [0.717, 1.165) is 38.2 Å². The molecule has 0 spiro atoms. The number of fused-ring (bicyclic) bond motifs is 2. The predicted molar refractivity (Wildman–Crippen MR) is 130 cm³/mol. The Morgan fingerprint density at radius 3 is 2.56 bits per heavy atom. The number of H-pyrrole nitrogens is 2. The molecule has 0 saturated carbocycles. The summed E-state index contributed by atoms with van der Waals surface area (Å²) in [6.07, 6.45) is -0.629. The Morgan fingerprint density at radius 2 is 1.79 bits per heavy atom. The molecule has 0 aliphatic rings. The van der Waals surface area contributed by atoms with Crippen LogP contribution in [0.25, 0.3) is 32.9 Å². The normalized spacial score (nSPS) is 11.1. The van der Waals surface area contributed by atoms with Crippen LogP contribution < -0.4 is 15.2 Å². The SMILES string of the molecule is COc1ccc(-c2ccc3nc(N(C)C(=O)O)[nH]c3c2)cc1Cc1n[nH]c(=O)c2ccccc12. The molecule has 0 aliphatic heterocycles. The molecule has 5 rings (SSSR count). The van der Waals surface area contributed by atoms with Gasteiger partial charge in [0.25, 0.3) is 5.56 Å². The van der Waals surface area contributed by atoms with Crippen molar-refractivity contribution in [1.29, 1.82) is 0 Å². The van der Waals surface area contributed by atoms with Gasteiger partial charge in [0.1, 0.15) is 5.75 Å². The highest BCUT2D eigenvalue weighted by atomic mass is 16.5. The average molecular weight is 455 g/mol. The van der Waals surface area contributed by atoms with Gasteiger partial charge in [-0.2, -0.15) is 5.10 Å². The number of methoxy groups -OCH3 is 1. The number of imidazole rings is 1. The molecular weight excluding hydrogens is 434 g/mol. The summed E-state index contributed by atoms with van der Waals surface area (Å²) in [5, 5.41) is 17.5. The lowest BCUT2D eigenvalue weighted by Gasteiger charge is -2.12. The number of hydrogen-bond acceptors (Lipinski definition) is 5. The highest BCUT2D eigenvalue weighted by Crippen LogP contribution is 2.31. The van der Waals surface area contributed by atoms with Crippen LogP contribution in [0.4, 0.5) is 10.7 Å². The molecule has 0 unspecified atom stereocenters. The number of benzene rings is 3. The van der Waals surface area contributed by atoms with Gasteiger partial charge in [-0.05, 0) is 41.5 Å². The van der Waals surface area contributed by atoms with Crippen LogP contribution in [0.3, 0.4) is 0 Å². The molecule has 0 aliphatic carbocycles. The van der Waals surface area contributed by atoms with E-state index in [2.05, 4.69) is 20.2 Å². The first-order valence-electron chi connectivity index (χ1n) is 10.5. The second-order valence-corrected chi connectivity index (χ2v) is 7.88. The Hall–Kier alpha value is -4.66. The number of nitrogens with zero attached hydrogens (tertiary/aromatic N) is 3. The van der Waals surface area contributed by atoms with Crippen LogP contribution in [0.1, 0.15) is 11.3 Å². The Kier molecular flexibility index (Phi) is 5.21. The van der Waals surface area contributed by atoms with E-state index in [-0.39, 0.29) is 11.5 Å². The van der Waals surface area contributed by atoms with E-state index in [0.29, 0.717) is 23.1 Å². The second kappa shape index (κ2) is 8.36. The van der Waals surface area contributed by atoms with Crippen LogP contribution in [0, 0.1) is 0 Å². The molecule has 0 radical (unpaired) electrons. The molecule has 3 aromatic carbocycles. The Morgan fingerprint density at radius 1 is 1.06 bits per heavy atom. The number of aromatic amines is 2. The maximum atomic E-state index is 12.1. The third-order valence-electron chi connectivity index (χ3n) is 5.82. The van der Waals surface area contributed by atoms with Crippen molar-refractivity contribution in [3.05, 3.63) is 82.3 Å². The average Bonchev–Trinajstić information content (AvgIpc) is 3.28. The van der Waals surface area contributed by atoms with E-state index in [4.69, 9.17) is 4.74 Å². The van der Waals surface area contributed by atoms with Gasteiger partial charge >= 0.3 is 6.09 Å². The van der Waals surface area contributed by atoms with Crippen molar-refractivity contribution in [1.82, 2.24) is 20.2 Å². The number of rotatable bonds is 5. The minimum atomic E-state index is -1.09. The van der Waals surface area contributed by atoms with Crippen LogP contribution in [0.2, 0.25) is 0 Å². The highest BCUT2D eigenvalue weighted by molar-refractivity contribution is 5.89. The maximum Gasteiger partial charge on any atom is 0.413 e. The van der Waals surface area contributed by atoms with Gasteiger partial charge in [0.15, 0.2) is 0 Å². The van der Waals surface area contributed by atoms with Crippen LogP contribution in [0.15, 0.2) is 65.5 Å². The third-order valence-corrected chi connectivity index (χ3v) is 5.82. The summed E-state index contributed by atoms with van der Waals surface area (Å²) in [6, 6.07) is 19.0. The molecular formula is C25H21N5O4. The van der Waals surface area contributed by atoms with E-state index in [1.54, 1.807) is 13.2 Å². The van der Waals surface area contributed by atoms with Gasteiger partial charge in [0.2, 0.25) is 5.95 Å². The molecule has 9 nitrogen and oxygen atoms in total. The molecule has 0 saturated heterocycles. The highest BCUT2D eigenvalue weighted by Gasteiger charge is 2.15. The standard InChI is InChI=1S/C25H21N5O4/c1-30(25(32)33)24-26-19-9-7-15(12-21(19)27-24)14-8-10-22(34-2)16(11-14)13-20-17-5-3-4-6-18(17)23(31)29-28-20/h3-12H,13H2,1-2H3,(H,26,27)(H,29,31)(H,32,33). The lowest BCUT2D eigenvalue weighted by Crippen LogP contribution is -2.24. The Labute approximate surface area is 193 Å². The molecule has 0 atom stereocenters. The molecule has 1 amide bonds. The Bertz CT molecular complexity index is 1600. The quantitative estimate of drug-likeness (QED) is 0.365. The van der Waals surface area contributed by atoms with Gasteiger partial charge in [-0.3, -0.25) is 9.69 Å². The third kappa shape index (κ3) is 3.73. The van der Waals surface area contributed by atoms with E-state index in [9.17, 15) is 14.7 Å². The van der Waals surface area contributed by atoms with Crippen LogP contribution in [-0.2, 0) is 6.42 Å². The van der Waals surface area contributed by atoms with Crippen molar-refractivity contribution in [2.75, 3.05) is 19.1 Å². The first-order valence-corrected chi connectivity index (χ1v) is 10.5. The summed E-state index contributed by atoms with van der Waals surface area (Å²) in [6.45, 7) is 0. The summed E-state index contributed by atoms with van der Waals surface area (Å²) in [7, 11) is 3.05. The summed E-state index contributed by atoms with van der Waals surface area (Å²) < 4.78 is 5.59. The lowest BCUT2D eigenvalue weighted by molar-refractivity contribution is 0.203. The number of nitrogens with one attached hydrogen (secondary N) is 2. The minimum absolute atomic E-state index is 0.221. The fourth-order valence-corrected chi connectivity index (χ4v) is 4.01. The first-order chi connectivity index (χ1) is 16.4. The number of aromatic nitrogens is 4. The van der Waals surface area contributed by atoms with E-state index in [1.165, 1.54) is 7.05 Å². The molecule has 9 heteroatoms. The number of amides is 1. The van der Waals surface area contributed by atoms with Crippen molar-refractivity contribution in [3.8, 4) is 16.9 Å². The Balaban J connectivity index is 1.55. The summed E-state index contributed by atoms with van der Waals surface area (Å²) >= 11 is 0. The van der Waals surface area contributed by atoms with Gasteiger partial charge in [0.05, 0.1) is 29.2 Å². The predicted octanol–water partition coefficient (Wildman–Crippen LogP) is 4.18. The van der Waals surface area contributed by atoms with Crippen molar-refractivity contribution in [2.45, 2.75) is 6.42 Å². The molecule has 170 valence electrons. The molecule has 2 heterocycles. The van der Waals surface area contributed by atoms with Crippen LogP contribution in [-0.4, -0.2) is 45.5 Å². The zero-order valence-corrected chi connectivity index (χ0v) is 18.5. The van der Waals surface area contributed by atoms with Gasteiger partial charge in [-0.1, -0.05) is 30.3 Å². The van der Waals surface area contributed by atoms with Gasteiger partial charge in [0, 0.05) is 24.4 Å². The van der Waals surface area contributed by atoms with E-state index in [1.807, 2.05) is 54.6 Å². The number of hydrogen-bond donors (Lipinski definition) is 3. The molecule has 0 fully saturated rings. The van der Waals surface area contributed by atoms with Gasteiger partial charge in [-0.15, -0.1) is 0 Å². The van der Waals surface area contributed by atoms with Gasteiger partial charge in [-0.25, -0.2) is 14.9 Å². The largest absolute Gasteiger partial charge is 0.496 e. The maximum absolute atomic E-state index is 12.1. The molecule has 2 aromatic heterocycles. The summed E-state index contributed by atoms with van der Waals surface area (Å²) in [4.78, 5) is 31.8. The number of ether oxygens (including phenoxy) is 1. The topological polar surface area (TPSA) is 124 Å². The van der Waals surface area contributed by atoms with E-state index >= 15 is 0 Å². The fraction of sp³-hybridized carbons (Fsp3) is 0.120. The lowest BCUT2D eigenvalue weighted by atomic mass is 9.98. The smallest absolute Gasteiger partial charge is 0.413 e. The first kappa shape index (κ1) is 21.2. The van der Waals surface area contributed by atoms with Crippen molar-refractivity contribution in [3.63, 3.8) is 0 Å². The van der Waals surface area contributed by atoms with Crippen molar-refractivity contribution >= 4 is 33.8 Å². The van der Waals surface area contributed by atoms with E-state index < -0.39 is 6.09 Å². The number of anilines is 1. The molecule has 34 heavy (non-hydrogen) atoms. The minimum Gasteiger partial charge on any atom is -0.496 e. The number of carbonyl (C=O) groups is 1. The molecule has 0 bridgehead atoms. The monoisotopic (exact) mass is 455 g/mol. The van der Waals surface area contributed by atoms with Crippen LogP contribution in [0.5, 0.6) is 5.75 Å². The van der Waals surface area contributed by atoms with Crippen molar-refractivity contribution < 1.29 is 14.6 Å². The van der Waals surface area contributed by atoms with Crippen LogP contribution >= 0.6 is 0 Å². The summed E-state index contributed by atoms with van der Waals surface area (Å²) in [5.74, 6) is 0.972. The fourth-order valence-electron chi connectivity index (χ4n) is 4.01. The number of carboxylic acid groups (broad SMARTS) is 1. The second-order valence-electron chi connectivity index (χ2n) is 7.88. The zero-order valence-electron chi connectivity index (χ0n) is 18.5. The summed E-state index contributed by atoms with van der Waals surface area (Å²) in [5.41, 5.74) is 4.73. The molecule has 3 N–H and O–H groups in total. The zero-order chi connectivity index (χ0) is 23.8. The molecule has 5 aromatic rings. The van der Waals surface area contributed by atoms with Crippen molar-refractivity contribution in [2.24, 2.45) is 0 Å².